The quantitative estimate of drug-likeness (QED) is 0.754. The van der Waals surface area contributed by atoms with Gasteiger partial charge in [0.15, 0.2) is 0 Å². The summed E-state index contributed by atoms with van der Waals surface area (Å²) in [4.78, 5) is 14.2. The second-order valence-corrected chi connectivity index (χ2v) is 5.85. The summed E-state index contributed by atoms with van der Waals surface area (Å²) in [5.74, 6) is 0. The van der Waals surface area contributed by atoms with Gasteiger partial charge in [-0.3, -0.25) is 0 Å². The molecule has 1 aromatic rings. The third kappa shape index (κ3) is 5.22. The van der Waals surface area contributed by atoms with Gasteiger partial charge in [0.2, 0.25) is 0 Å². The standard InChI is InChI=1S/C17H27N3O2/c1-2-16(21)8-11-18-17(22)19-14-9-12-20(13-10-14)15-6-4-3-5-7-15/h3-7,14,16,21H,2,8-13H2,1H3,(H2,18,19,22). The number of urea groups is 1. The van der Waals surface area contributed by atoms with Crippen molar-refractivity contribution in [2.75, 3.05) is 24.5 Å². The molecule has 3 N–H and O–H groups in total. The molecule has 1 saturated heterocycles. The fraction of sp³-hybridized carbons (Fsp3) is 0.588. The summed E-state index contributed by atoms with van der Waals surface area (Å²) >= 11 is 0. The lowest BCUT2D eigenvalue weighted by atomic mass is 10.0. The average molecular weight is 305 g/mol. The Morgan fingerprint density at radius 3 is 2.64 bits per heavy atom. The van der Waals surface area contributed by atoms with Crippen LogP contribution in [0.3, 0.4) is 0 Å². The highest BCUT2D eigenvalue weighted by Gasteiger charge is 2.20. The molecule has 5 nitrogen and oxygen atoms in total. The number of aliphatic hydroxyl groups is 1. The first kappa shape index (κ1) is 16.6. The van der Waals surface area contributed by atoms with Gasteiger partial charge in [-0.05, 0) is 37.8 Å². The zero-order valence-electron chi connectivity index (χ0n) is 13.3. The monoisotopic (exact) mass is 305 g/mol. The number of piperidine rings is 1. The first-order valence-corrected chi connectivity index (χ1v) is 8.21. The Bertz CT molecular complexity index is 444. The Kier molecular flexibility index (Phi) is 6.52. The number of para-hydroxylation sites is 1. The number of hydrogen-bond acceptors (Lipinski definition) is 3. The van der Waals surface area contributed by atoms with Gasteiger partial charge in [-0.1, -0.05) is 25.1 Å². The molecule has 2 rings (SSSR count). The van der Waals surface area contributed by atoms with Gasteiger partial charge >= 0.3 is 6.03 Å². The number of rotatable bonds is 6. The van der Waals surface area contributed by atoms with Crippen LogP contribution in [0.25, 0.3) is 0 Å². The summed E-state index contributed by atoms with van der Waals surface area (Å²) in [6.45, 7) is 4.38. The first-order chi connectivity index (χ1) is 10.7. The topological polar surface area (TPSA) is 64.6 Å². The van der Waals surface area contributed by atoms with Crippen LogP contribution in [0.15, 0.2) is 30.3 Å². The third-order valence-electron chi connectivity index (χ3n) is 4.19. The number of aliphatic hydroxyl groups excluding tert-OH is 1. The van der Waals surface area contributed by atoms with Crippen LogP contribution in [0, 0.1) is 0 Å². The molecular formula is C17H27N3O2. The van der Waals surface area contributed by atoms with Crippen molar-refractivity contribution in [1.29, 1.82) is 0 Å². The lowest BCUT2D eigenvalue weighted by molar-refractivity contribution is 0.160. The van der Waals surface area contributed by atoms with Gasteiger partial charge in [-0.15, -0.1) is 0 Å². The number of nitrogens with one attached hydrogen (secondary N) is 2. The Labute approximate surface area is 132 Å². The first-order valence-electron chi connectivity index (χ1n) is 8.21. The molecule has 1 aliphatic rings. The summed E-state index contributed by atoms with van der Waals surface area (Å²) in [7, 11) is 0. The van der Waals surface area contributed by atoms with E-state index in [0.29, 0.717) is 13.0 Å². The van der Waals surface area contributed by atoms with Crippen molar-refractivity contribution in [2.45, 2.75) is 44.8 Å². The number of amides is 2. The van der Waals surface area contributed by atoms with Crippen LogP contribution >= 0.6 is 0 Å². The summed E-state index contributed by atoms with van der Waals surface area (Å²) < 4.78 is 0. The molecule has 5 heteroatoms. The Morgan fingerprint density at radius 1 is 1.32 bits per heavy atom. The normalized spacial score (nSPS) is 17.1. The smallest absolute Gasteiger partial charge is 0.315 e. The Hall–Kier alpha value is -1.75. The number of carbonyl (C=O) groups is 1. The van der Waals surface area contributed by atoms with Gasteiger partial charge in [0.1, 0.15) is 0 Å². The van der Waals surface area contributed by atoms with E-state index in [0.717, 1.165) is 32.4 Å². The summed E-state index contributed by atoms with van der Waals surface area (Å²) in [6.07, 6.45) is 2.92. The zero-order valence-corrected chi connectivity index (χ0v) is 13.3. The Balaban J connectivity index is 1.66. The van der Waals surface area contributed by atoms with Crippen molar-refractivity contribution in [2.24, 2.45) is 0 Å². The summed E-state index contributed by atoms with van der Waals surface area (Å²) in [5, 5.41) is 15.3. The molecule has 122 valence electrons. The van der Waals surface area contributed by atoms with Gasteiger partial charge in [-0.25, -0.2) is 4.79 Å². The molecule has 0 radical (unpaired) electrons. The maximum atomic E-state index is 11.8. The number of nitrogens with zero attached hydrogens (tertiary/aromatic N) is 1. The molecule has 1 aromatic carbocycles. The zero-order chi connectivity index (χ0) is 15.8. The van der Waals surface area contributed by atoms with E-state index in [1.54, 1.807) is 0 Å². The fourth-order valence-corrected chi connectivity index (χ4v) is 2.71. The largest absolute Gasteiger partial charge is 0.393 e. The van der Waals surface area contributed by atoms with E-state index in [-0.39, 0.29) is 18.2 Å². The van der Waals surface area contributed by atoms with Crippen LogP contribution in [0.2, 0.25) is 0 Å². The Morgan fingerprint density at radius 2 is 2.00 bits per heavy atom. The summed E-state index contributed by atoms with van der Waals surface area (Å²) in [5.41, 5.74) is 1.25. The molecular weight excluding hydrogens is 278 g/mol. The minimum absolute atomic E-state index is 0.124. The molecule has 1 aliphatic heterocycles. The van der Waals surface area contributed by atoms with Crippen LogP contribution < -0.4 is 15.5 Å². The molecule has 22 heavy (non-hydrogen) atoms. The predicted molar refractivity (Wildman–Crippen MR) is 89.1 cm³/mol. The highest BCUT2D eigenvalue weighted by molar-refractivity contribution is 5.74. The fourth-order valence-electron chi connectivity index (χ4n) is 2.71. The van der Waals surface area contributed by atoms with E-state index >= 15 is 0 Å². The maximum Gasteiger partial charge on any atom is 0.315 e. The molecule has 1 heterocycles. The minimum Gasteiger partial charge on any atom is -0.393 e. The van der Waals surface area contributed by atoms with E-state index < -0.39 is 0 Å². The number of carbonyl (C=O) groups excluding carboxylic acids is 1. The molecule has 1 atom stereocenters. The SMILES string of the molecule is CCC(O)CCNC(=O)NC1CCN(c2ccccc2)CC1. The van der Waals surface area contributed by atoms with Crippen LogP contribution in [0.1, 0.15) is 32.6 Å². The third-order valence-corrected chi connectivity index (χ3v) is 4.19. The van der Waals surface area contributed by atoms with Gasteiger partial charge in [0.25, 0.3) is 0 Å². The van der Waals surface area contributed by atoms with E-state index in [2.05, 4.69) is 39.8 Å². The second kappa shape index (κ2) is 8.63. The van der Waals surface area contributed by atoms with Crippen molar-refractivity contribution in [1.82, 2.24) is 10.6 Å². The van der Waals surface area contributed by atoms with Crippen molar-refractivity contribution < 1.29 is 9.90 Å². The number of benzene rings is 1. The van der Waals surface area contributed by atoms with E-state index in [9.17, 15) is 9.90 Å². The second-order valence-electron chi connectivity index (χ2n) is 5.85. The van der Waals surface area contributed by atoms with Gasteiger partial charge in [0.05, 0.1) is 6.10 Å². The highest BCUT2D eigenvalue weighted by Crippen LogP contribution is 2.19. The number of anilines is 1. The van der Waals surface area contributed by atoms with Crippen LogP contribution in [-0.4, -0.2) is 42.9 Å². The van der Waals surface area contributed by atoms with Crippen molar-refractivity contribution in [3.8, 4) is 0 Å². The van der Waals surface area contributed by atoms with Crippen molar-refractivity contribution in [3.05, 3.63) is 30.3 Å². The molecule has 0 bridgehead atoms. The minimum atomic E-state index is -0.325. The molecule has 0 aliphatic carbocycles. The van der Waals surface area contributed by atoms with E-state index in [4.69, 9.17) is 0 Å². The van der Waals surface area contributed by atoms with Crippen molar-refractivity contribution >= 4 is 11.7 Å². The maximum absolute atomic E-state index is 11.8. The van der Waals surface area contributed by atoms with Gasteiger partial charge in [-0.2, -0.15) is 0 Å². The van der Waals surface area contributed by atoms with Gasteiger partial charge in [0, 0.05) is 31.4 Å². The number of hydrogen-bond donors (Lipinski definition) is 3. The molecule has 1 fully saturated rings. The molecule has 2 amide bonds. The van der Waals surface area contributed by atoms with E-state index in [1.807, 2.05) is 13.0 Å². The van der Waals surface area contributed by atoms with Crippen molar-refractivity contribution in [3.63, 3.8) is 0 Å². The molecule has 0 aromatic heterocycles. The lowest BCUT2D eigenvalue weighted by Crippen LogP contribution is -2.48. The van der Waals surface area contributed by atoms with E-state index in [1.165, 1.54) is 5.69 Å². The van der Waals surface area contributed by atoms with Crippen LogP contribution in [0.5, 0.6) is 0 Å². The summed E-state index contributed by atoms with van der Waals surface area (Å²) in [6, 6.07) is 10.5. The van der Waals surface area contributed by atoms with Crippen LogP contribution in [0.4, 0.5) is 10.5 Å². The highest BCUT2D eigenvalue weighted by atomic mass is 16.3. The van der Waals surface area contributed by atoms with Gasteiger partial charge < -0.3 is 20.6 Å². The van der Waals surface area contributed by atoms with Crippen LogP contribution in [-0.2, 0) is 0 Å². The molecule has 1 unspecified atom stereocenters. The molecule has 0 spiro atoms. The predicted octanol–water partition coefficient (Wildman–Crippen LogP) is 2.12. The average Bonchev–Trinajstić information content (AvgIpc) is 2.56. The lowest BCUT2D eigenvalue weighted by Gasteiger charge is -2.34. The molecule has 0 saturated carbocycles.